The van der Waals surface area contributed by atoms with Crippen LogP contribution < -0.4 is 4.89 Å². The summed E-state index contributed by atoms with van der Waals surface area (Å²) in [5.41, 5.74) is 0. The highest BCUT2D eigenvalue weighted by Gasteiger charge is 2.21. The van der Waals surface area contributed by atoms with Crippen molar-refractivity contribution >= 4 is 32.4 Å². The van der Waals surface area contributed by atoms with Gasteiger partial charge in [-0.05, 0) is 25.0 Å². The molecule has 0 heterocycles. The molecule has 0 saturated carbocycles. The molecule has 0 spiro atoms. The van der Waals surface area contributed by atoms with E-state index in [0.29, 0.717) is 17.4 Å². The fourth-order valence-electron chi connectivity index (χ4n) is 5.87. The summed E-state index contributed by atoms with van der Waals surface area (Å²) in [7, 11) is 1.17. The van der Waals surface area contributed by atoms with Gasteiger partial charge in [-0.2, -0.15) is 12.6 Å². The van der Waals surface area contributed by atoms with E-state index in [4.69, 9.17) is 18.5 Å². The van der Waals surface area contributed by atoms with Gasteiger partial charge in [0.05, 0.1) is 27.7 Å². The smallest absolute Gasteiger partial charge is 0.306 e. The molecule has 0 rings (SSSR count). The Morgan fingerprint density at radius 1 is 0.588 bits per heavy atom. The molecule has 0 aliphatic heterocycles. The second-order valence-corrected chi connectivity index (χ2v) is 17.3. The predicted octanol–water partition coefficient (Wildman–Crippen LogP) is 10.5. The number of likely N-dealkylation sites (N-methyl/N-ethyl adjacent to an activating group) is 1. The van der Waals surface area contributed by atoms with Gasteiger partial charge in [-0.25, -0.2) is 0 Å². The molecule has 0 aromatic heterocycles. The van der Waals surface area contributed by atoms with E-state index in [1.165, 1.54) is 122 Å². The van der Waals surface area contributed by atoms with E-state index in [9.17, 15) is 19.0 Å². The van der Waals surface area contributed by atoms with Crippen molar-refractivity contribution in [3.05, 3.63) is 0 Å². The molecule has 2 unspecified atom stereocenters. The Morgan fingerprint density at radius 2 is 0.980 bits per heavy atom. The van der Waals surface area contributed by atoms with Crippen molar-refractivity contribution in [2.24, 2.45) is 0 Å². The Balaban J connectivity index is 4.35. The normalized spacial score (nSPS) is 13.6. The van der Waals surface area contributed by atoms with Gasteiger partial charge in [0.1, 0.15) is 19.8 Å². The Labute approximate surface area is 319 Å². The third-order valence-corrected chi connectivity index (χ3v) is 10.5. The second kappa shape index (κ2) is 35.1. The number of carbonyl (C=O) groups excluding carboxylic acids is 2. The molecular formula is C40H80NO8PS. The zero-order chi connectivity index (χ0) is 37.9. The summed E-state index contributed by atoms with van der Waals surface area (Å²) in [5, 5.41) is 0. The standard InChI is InChI=1S/C40H80NO8PS/c1-5-6-7-8-9-10-11-13-16-19-22-25-28-31-39(42)46-36-38(37-48-50(44,45)47-34-33-41(2,3)4)49-40(43)32-29-26-23-20-17-14-12-15-18-21-24-27-30-35-51/h38H,5-37H2,1-4H3,(H-,44,45,51). The lowest BCUT2D eigenvalue weighted by atomic mass is 10.0. The number of unbranched alkanes of at least 4 members (excludes halogenated alkanes) is 24. The number of ether oxygens (including phenoxy) is 2. The molecule has 0 aromatic carbocycles. The summed E-state index contributed by atoms with van der Waals surface area (Å²) >= 11 is 4.26. The summed E-state index contributed by atoms with van der Waals surface area (Å²) in [5.74, 6) is 0.165. The molecule has 0 saturated heterocycles. The van der Waals surface area contributed by atoms with Crippen LogP contribution in [-0.2, 0) is 32.7 Å². The highest BCUT2D eigenvalue weighted by atomic mass is 32.1. The minimum atomic E-state index is -4.61. The average Bonchev–Trinajstić information content (AvgIpc) is 3.07. The van der Waals surface area contributed by atoms with E-state index in [2.05, 4.69) is 19.6 Å². The number of carbonyl (C=O) groups is 2. The lowest BCUT2D eigenvalue weighted by Crippen LogP contribution is -2.37. The number of hydrogen-bond acceptors (Lipinski definition) is 9. The number of hydrogen-bond donors (Lipinski definition) is 1. The molecule has 0 aliphatic rings. The first-order chi connectivity index (χ1) is 24.5. The van der Waals surface area contributed by atoms with Gasteiger partial charge in [0.2, 0.25) is 0 Å². The van der Waals surface area contributed by atoms with Gasteiger partial charge >= 0.3 is 11.9 Å². The summed E-state index contributed by atoms with van der Waals surface area (Å²) in [6.45, 7) is 1.98. The van der Waals surface area contributed by atoms with Crippen LogP contribution in [0.1, 0.15) is 187 Å². The van der Waals surface area contributed by atoms with Crippen molar-refractivity contribution < 1.29 is 42.1 Å². The first kappa shape index (κ1) is 50.4. The quantitative estimate of drug-likeness (QED) is 0.0216. The molecule has 0 aromatic rings. The highest BCUT2D eigenvalue weighted by Crippen LogP contribution is 2.38. The molecule has 0 aliphatic carbocycles. The Hall–Kier alpha value is -0.640. The van der Waals surface area contributed by atoms with E-state index in [-0.39, 0.29) is 32.0 Å². The van der Waals surface area contributed by atoms with Crippen LogP contribution in [0.15, 0.2) is 0 Å². The topological polar surface area (TPSA) is 111 Å². The van der Waals surface area contributed by atoms with Crippen LogP contribution in [0.3, 0.4) is 0 Å². The van der Waals surface area contributed by atoms with Crippen LogP contribution in [0.25, 0.3) is 0 Å². The summed E-state index contributed by atoms with van der Waals surface area (Å²) in [6, 6.07) is 0. The number of esters is 2. The summed E-state index contributed by atoms with van der Waals surface area (Å²) in [6.07, 6.45) is 30.9. The van der Waals surface area contributed by atoms with E-state index in [1.54, 1.807) is 0 Å². The van der Waals surface area contributed by atoms with Crippen molar-refractivity contribution in [3.8, 4) is 0 Å². The maximum absolute atomic E-state index is 12.6. The van der Waals surface area contributed by atoms with E-state index < -0.39 is 26.5 Å². The zero-order valence-electron chi connectivity index (χ0n) is 33.5. The van der Waals surface area contributed by atoms with Gasteiger partial charge in [0.25, 0.3) is 7.82 Å². The molecule has 11 heteroatoms. The maximum Gasteiger partial charge on any atom is 0.306 e. The molecule has 304 valence electrons. The van der Waals surface area contributed by atoms with Crippen molar-refractivity contribution in [3.63, 3.8) is 0 Å². The second-order valence-electron chi connectivity index (χ2n) is 15.4. The number of quaternary nitrogens is 1. The van der Waals surface area contributed by atoms with Crippen LogP contribution in [0.5, 0.6) is 0 Å². The van der Waals surface area contributed by atoms with Gasteiger partial charge in [0, 0.05) is 12.8 Å². The minimum absolute atomic E-state index is 0.0279. The van der Waals surface area contributed by atoms with Gasteiger partial charge in [-0.3, -0.25) is 14.2 Å². The van der Waals surface area contributed by atoms with Gasteiger partial charge in [-0.1, -0.05) is 155 Å². The van der Waals surface area contributed by atoms with Gasteiger partial charge < -0.3 is 27.9 Å². The molecule has 0 amide bonds. The van der Waals surface area contributed by atoms with Crippen LogP contribution >= 0.6 is 20.5 Å². The van der Waals surface area contributed by atoms with Crippen LogP contribution in [-0.4, -0.2) is 75.8 Å². The lowest BCUT2D eigenvalue weighted by Gasteiger charge is -2.28. The third kappa shape index (κ3) is 38.9. The van der Waals surface area contributed by atoms with E-state index in [1.807, 2.05) is 21.1 Å². The average molecular weight is 766 g/mol. The molecule has 0 fully saturated rings. The first-order valence-corrected chi connectivity index (χ1v) is 22.9. The zero-order valence-corrected chi connectivity index (χ0v) is 35.3. The summed E-state index contributed by atoms with van der Waals surface area (Å²) in [4.78, 5) is 37.4. The SMILES string of the molecule is CCCCCCCCCCCCCCCC(=O)OCC(COP(=O)([O-])OCC[N+](C)(C)C)OC(=O)CCCCCCCCCCCCCCCS. The lowest BCUT2D eigenvalue weighted by molar-refractivity contribution is -0.870. The predicted molar refractivity (Wildman–Crippen MR) is 212 cm³/mol. The fourth-order valence-corrected chi connectivity index (χ4v) is 6.82. The molecule has 0 N–H and O–H groups in total. The van der Waals surface area contributed by atoms with Gasteiger partial charge in [-0.15, -0.1) is 0 Å². The van der Waals surface area contributed by atoms with Crippen molar-refractivity contribution in [2.45, 2.75) is 193 Å². The van der Waals surface area contributed by atoms with Crippen LogP contribution in [0, 0.1) is 0 Å². The fraction of sp³-hybridized carbons (Fsp3) is 0.950. The number of phosphoric acid groups is 1. The molecule has 9 nitrogen and oxygen atoms in total. The minimum Gasteiger partial charge on any atom is -0.756 e. The molecule has 2 atom stereocenters. The van der Waals surface area contributed by atoms with E-state index >= 15 is 0 Å². The molecule has 0 radical (unpaired) electrons. The maximum atomic E-state index is 12.6. The van der Waals surface area contributed by atoms with Crippen molar-refractivity contribution in [2.75, 3.05) is 53.3 Å². The highest BCUT2D eigenvalue weighted by molar-refractivity contribution is 7.80. The largest absolute Gasteiger partial charge is 0.756 e. The number of rotatable bonds is 39. The van der Waals surface area contributed by atoms with Gasteiger partial charge in [0.15, 0.2) is 6.10 Å². The molecule has 51 heavy (non-hydrogen) atoms. The van der Waals surface area contributed by atoms with Crippen molar-refractivity contribution in [1.82, 2.24) is 0 Å². The monoisotopic (exact) mass is 766 g/mol. The van der Waals surface area contributed by atoms with Crippen LogP contribution in [0.4, 0.5) is 0 Å². The molecular weight excluding hydrogens is 685 g/mol. The molecule has 0 bridgehead atoms. The number of phosphoric ester groups is 1. The third-order valence-electron chi connectivity index (χ3n) is 9.18. The van der Waals surface area contributed by atoms with Crippen LogP contribution in [0.2, 0.25) is 0 Å². The Bertz CT molecular complexity index is 857. The van der Waals surface area contributed by atoms with Crippen molar-refractivity contribution in [1.29, 1.82) is 0 Å². The van der Waals surface area contributed by atoms with E-state index in [0.717, 1.165) is 44.3 Å². The first-order valence-electron chi connectivity index (χ1n) is 20.9. The Kier molecular flexibility index (Phi) is 34.6. The number of thiol groups is 1. The summed E-state index contributed by atoms with van der Waals surface area (Å²) < 4.78 is 33.8. The Morgan fingerprint density at radius 3 is 1.39 bits per heavy atom. The number of nitrogens with zero attached hydrogens (tertiary/aromatic N) is 1.